The Labute approximate surface area is 331 Å². The Bertz CT molecular complexity index is 3120. The standard InChI is InChI=1S/C51H31N3S2/c1-2-11-32(12-3-1)45-30-46(54-51(53-45)44-17-5-4-14-39(44)35-13-10-24-52-31-35)38-26-36(33-20-22-42-40-15-6-8-18-47(40)55-49(42)28-33)25-37(27-38)34-21-23-43-41-16-7-9-19-48(41)56-50(43)29-34/h1-31H. The molecule has 56 heavy (non-hydrogen) atoms. The van der Waals surface area contributed by atoms with Crippen molar-refractivity contribution in [2.75, 3.05) is 0 Å². The van der Waals surface area contributed by atoms with Gasteiger partial charge in [-0.3, -0.25) is 4.98 Å². The van der Waals surface area contributed by atoms with Crippen molar-refractivity contribution in [2.24, 2.45) is 0 Å². The summed E-state index contributed by atoms with van der Waals surface area (Å²) in [6.07, 6.45) is 3.70. The van der Waals surface area contributed by atoms with Crippen LogP contribution >= 0.6 is 22.7 Å². The summed E-state index contributed by atoms with van der Waals surface area (Å²) >= 11 is 3.70. The van der Waals surface area contributed by atoms with Crippen molar-refractivity contribution in [3.05, 3.63) is 188 Å². The summed E-state index contributed by atoms with van der Waals surface area (Å²) in [4.78, 5) is 15.0. The van der Waals surface area contributed by atoms with Gasteiger partial charge in [0.25, 0.3) is 0 Å². The average molecular weight is 750 g/mol. The van der Waals surface area contributed by atoms with Crippen LogP contribution in [0.25, 0.3) is 108 Å². The van der Waals surface area contributed by atoms with Crippen LogP contribution < -0.4 is 0 Å². The van der Waals surface area contributed by atoms with Crippen LogP contribution in [0.3, 0.4) is 0 Å². The van der Waals surface area contributed by atoms with Gasteiger partial charge in [-0.15, -0.1) is 22.7 Å². The van der Waals surface area contributed by atoms with Gasteiger partial charge in [-0.25, -0.2) is 9.97 Å². The molecule has 0 aliphatic carbocycles. The van der Waals surface area contributed by atoms with E-state index in [1.807, 2.05) is 41.0 Å². The molecule has 0 atom stereocenters. The van der Waals surface area contributed by atoms with Gasteiger partial charge in [-0.2, -0.15) is 0 Å². The monoisotopic (exact) mass is 749 g/mol. The highest BCUT2D eigenvalue weighted by Crippen LogP contribution is 2.41. The minimum absolute atomic E-state index is 0.672. The summed E-state index contributed by atoms with van der Waals surface area (Å²) < 4.78 is 5.17. The van der Waals surface area contributed by atoms with Gasteiger partial charge in [0.1, 0.15) is 0 Å². The van der Waals surface area contributed by atoms with E-state index >= 15 is 0 Å². The second-order valence-corrected chi connectivity index (χ2v) is 16.2. The van der Waals surface area contributed by atoms with E-state index in [2.05, 4.69) is 169 Å². The van der Waals surface area contributed by atoms with Crippen LogP contribution in [-0.2, 0) is 0 Å². The molecule has 0 fully saturated rings. The molecular weight excluding hydrogens is 719 g/mol. The summed E-state index contributed by atoms with van der Waals surface area (Å²) in [6, 6.07) is 63.0. The van der Waals surface area contributed by atoms with Crippen LogP contribution in [0.2, 0.25) is 0 Å². The quantitative estimate of drug-likeness (QED) is 0.170. The third-order valence-corrected chi connectivity index (χ3v) is 12.9. The molecule has 4 heterocycles. The maximum Gasteiger partial charge on any atom is 0.161 e. The smallest absolute Gasteiger partial charge is 0.161 e. The lowest BCUT2D eigenvalue weighted by atomic mass is 9.93. The molecule has 262 valence electrons. The molecule has 0 unspecified atom stereocenters. The Morgan fingerprint density at radius 2 is 0.839 bits per heavy atom. The molecule has 0 radical (unpaired) electrons. The van der Waals surface area contributed by atoms with Crippen molar-refractivity contribution in [1.82, 2.24) is 15.0 Å². The molecule has 5 heteroatoms. The van der Waals surface area contributed by atoms with Crippen molar-refractivity contribution in [1.29, 1.82) is 0 Å². The van der Waals surface area contributed by atoms with E-state index in [0.29, 0.717) is 5.82 Å². The third kappa shape index (κ3) is 5.77. The molecule has 0 bridgehead atoms. The van der Waals surface area contributed by atoms with Gasteiger partial charge < -0.3 is 0 Å². The Morgan fingerprint density at radius 3 is 1.46 bits per heavy atom. The first-order chi connectivity index (χ1) is 27.7. The zero-order valence-electron chi connectivity index (χ0n) is 30.1. The van der Waals surface area contributed by atoms with Gasteiger partial charge in [0.05, 0.1) is 11.4 Å². The molecule has 0 spiro atoms. The zero-order chi connectivity index (χ0) is 37.0. The highest BCUT2D eigenvalue weighted by atomic mass is 32.1. The van der Waals surface area contributed by atoms with Crippen LogP contribution in [0.1, 0.15) is 0 Å². The minimum atomic E-state index is 0.672. The summed E-state index contributed by atoms with van der Waals surface area (Å²) in [5, 5.41) is 5.19. The molecule has 0 aliphatic rings. The minimum Gasteiger partial charge on any atom is -0.264 e. The lowest BCUT2D eigenvalue weighted by molar-refractivity contribution is 1.18. The normalized spacial score (nSPS) is 11.6. The van der Waals surface area contributed by atoms with Crippen LogP contribution in [-0.4, -0.2) is 15.0 Å². The summed E-state index contributed by atoms with van der Waals surface area (Å²) in [6.45, 7) is 0. The van der Waals surface area contributed by atoms with Gasteiger partial charge in [0.2, 0.25) is 0 Å². The average Bonchev–Trinajstić information content (AvgIpc) is 3.84. The number of hydrogen-bond acceptors (Lipinski definition) is 5. The van der Waals surface area contributed by atoms with E-state index in [-0.39, 0.29) is 0 Å². The summed E-state index contributed by atoms with van der Waals surface area (Å²) in [5.74, 6) is 0.672. The van der Waals surface area contributed by atoms with Crippen molar-refractivity contribution in [3.63, 3.8) is 0 Å². The Balaban J connectivity index is 1.14. The first-order valence-corrected chi connectivity index (χ1v) is 20.3. The molecule has 11 rings (SSSR count). The fourth-order valence-corrected chi connectivity index (χ4v) is 10.1. The first kappa shape index (κ1) is 32.6. The molecule has 0 aliphatic heterocycles. The number of aromatic nitrogens is 3. The van der Waals surface area contributed by atoms with Crippen LogP contribution in [0.5, 0.6) is 0 Å². The van der Waals surface area contributed by atoms with Gasteiger partial charge in [0.15, 0.2) is 5.82 Å². The van der Waals surface area contributed by atoms with E-state index in [4.69, 9.17) is 9.97 Å². The summed E-state index contributed by atoms with van der Waals surface area (Å²) in [7, 11) is 0. The van der Waals surface area contributed by atoms with E-state index in [1.54, 1.807) is 6.20 Å². The second kappa shape index (κ2) is 13.5. The Morgan fingerprint density at radius 1 is 0.321 bits per heavy atom. The fourth-order valence-electron chi connectivity index (χ4n) is 7.84. The number of hydrogen-bond donors (Lipinski definition) is 0. The molecule has 3 nitrogen and oxygen atoms in total. The zero-order valence-corrected chi connectivity index (χ0v) is 31.7. The molecule has 4 aromatic heterocycles. The largest absolute Gasteiger partial charge is 0.264 e. The van der Waals surface area contributed by atoms with Crippen molar-refractivity contribution < 1.29 is 0 Å². The van der Waals surface area contributed by atoms with Crippen LogP contribution in [0, 0.1) is 0 Å². The van der Waals surface area contributed by atoms with Gasteiger partial charge in [-0.05, 0) is 82.4 Å². The van der Waals surface area contributed by atoms with E-state index in [1.165, 1.54) is 51.5 Å². The van der Waals surface area contributed by atoms with E-state index in [0.717, 1.165) is 50.3 Å². The SMILES string of the molecule is c1ccc(-c2cc(-c3cc(-c4ccc5c(c4)sc4ccccc45)cc(-c4ccc5c(c4)sc4ccccc45)c3)nc(-c3ccccc3-c3cccnc3)n2)cc1. The highest BCUT2D eigenvalue weighted by molar-refractivity contribution is 7.26. The van der Waals surface area contributed by atoms with E-state index in [9.17, 15) is 0 Å². The number of rotatable bonds is 6. The molecule has 0 amide bonds. The fraction of sp³-hybridized carbons (Fsp3) is 0. The van der Waals surface area contributed by atoms with Crippen molar-refractivity contribution in [2.45, 2.75) is 0 Å². The van der Waals surface area contributed by atoms with Crippen molar-refractivity contribution in [3.8, 4) is 67.3 Å². The lowest BCUT2D eigenvalue weighted by Gasteiger charge is -2.15. The molecule has 11 aromatic rings. The topological polar surface area (TPSA) is 38.7 Å². The maximum absolute atomic E-state index is 5.39. The van der Waals surface area contributed by atoms with Crippen molar-refractivity contribution >= 4 is 63.0 Å². The first-order valence-electron chi connectivity index (χ1n) is 18.6. The number of nitrogens with zero attached hydrogens (tertiary/aromatic N) is 3. The second-order valence-electron chi connectivity index (χ2n) is 14.0. The molecule has 0 saturated carbocycles. The maximum atomic E-state index is 5.39. The molecule has 7 aromatic carbocycles. The van der Waals surface area contributed by atoms with Gasteiger partial charge in [0, 0.05) is 75.0 Å². The number of pyridine rings is 1. The highest BCUT2D eigenvalue weighted by Gasteiger charge is 2.17. The molecule has 0 saturated heterocycles. The van der Waals surface area contributed by atoms with Crippen LogP contribution in [0.4, 0.5) is 0 Å². The Kier molecular flexibility index (Phi) is 7.87. The summed E-state index contributed by atoms with van der Waals surface area (Å²) in [5.41, 5.74) is 11.5. The Hall–Kier alpha value is -6.79. The number of benzene rings is 7. The van der Waals surface area contributed by atoms with Gasteiger partial charge in [-0.1, -0.05) is 121 Å². The third-order valence-electron chi connectivity index (χ3n) is 10.6. The predicted molar refractivity (Wildman–Crippen MR) is 238 cm³/mol. The van der Waals surface area contributed by atoms with Crippen LogP contribution in [0.15, 0.2) is 188 Å². The predicted octanol–water partition coefficient (Wildman–Crippen LogP) is 14.6. The lowest BCUT2D eigenvalue weighted by Crippen LogP contribution is -1.98. The number of thiophene rings is 2. The molecule has 0 N–H and O–H groups in total. The van der Waals surface area contributed by atoms with E-state index < -0.39 is 0 Å². The number of fused-ring (bicyclic) bond motifs is 6. The molecular formula is C51H31N3S2. The van der Waals surface area contributed by atoms with Gasteiger partial charge >= 0.3 is 0 Å².